The highest BCUT2D eigenvalue weighted by atomic mass is 16.8. The van der Waals surface area contributed by atoms with E-state index in [2.05, 4.69) is 6.92 Å². The molecular formula is C43H68O18. The van der Waals surface area contributed by atoms with Crippen LogP contribution in [0.5, 0.6) is 0 Å². The van der Waals surface area contributed by atoms with Crippen molar-refractivity contribution < 1.29 is 87.6 Å². The van der Waals surface area contributed by atoms with Gasteiger partial charge in [-0.15, -0.1) is 0 Å². The minimum absolute atomic E-state index is 0.0278. The summed E-state index contributed by atoms with van der Waals surface area (Å²) in [4.78, 5) is 25.6. The first kappa shape index (κ1) is 46.1. The van der Waals surface area contributed by atoms with E-state index >= 15 is 0 Å². The Morgan fingerprint density at radius 1 is 0.721 bits per heavy atom. The van der Waals surface area contributed by atoms with Crippen molar-refractivity contribution in [2.24, 2.45) is 28.6 Å². The van der Waals surface area contributed by atoms with Crippen molar-refractivity contribution in [2.75, 3.05) is 20.8 Å². The SMILES string of the molecule is CO[C@H]1[C@@H](O)[C@H](O[C@@H]2[C@@H](C)O[C@@H](O[C@H]3CC[C@@]4(C)[C@@H](CC[C@@]56O[C@@]57CC[C@@H](C(C)=O)[C@@]7(C)[C@H](O)[C@@H](OC(C)=O)[C@H]46)C3)C[C@H]2OC)O[C@H](C)[C@H]1O[C@@H]1O[C@H](CO)[C@@H](O)[C@H](O)[C@H]1O. The number of hydrogen-bond donors (Lipinski definition) is 6. The summed E-state index contributed by atoms with van der Waals surface area (Å²) < 4.78 is 61.7. The molecule has 8 aliphatic rings. The van der Waals surface area contributed by atoms with Crippen molar-refractivity contribution in [1.29, 1.82) is 0 Å². The molecule has 18 heteroatoms. The molecule has 0 radical (unpaired) electrons. The van der Waals surface area contributed by atoms with E-state index in [0.29, 0.717) is 25.7 Å². The van der Waals surface area contributed by atoms with Gasteiger partial charge in [-0.05, 0) is 77.0 Å². The third-order valence-corrected chi connectivity index (χ3v) is 16.7. The number of epoxide rings is 1. The fourth-order valence-electron chi connectivity index (χ4n) is 13.7. The maximum Gasteiger partial charge on any atom is 0.303 e. The molecule has 0 aromatic rings. The molecule has 4 aliphatic carbocycles. The summed E-state index contributed by atoms with van der Waals surface area (Å²) >= 11 is 0. The van der Waals surface area contributed by atoms with Gasteiger partial charge in [-0.2, -0.15) is 0 Å². The van der Waals surface area contributed by atoms with E-state index in [-0.39, 0.29) is 35.1 Å². The normalized spacial score (nSPS) is 55.4. The minimum Gasteiger partial charge on any atom is -0.459 e. The van der Waals surface area contributed by atoms with Crippen LogP contribution in [0.3, 0.4) is 0 Å². The molecule has 348 valence electrons. The number of fused-ring (bicyclic) bond motifs is 2. The van der Waals surface area contributed by atoms with E-state index in [0.717, 1.165) is 25.7 Å². The van der Waals surface area contributed by atoms with Crippen LogP contribution in [0.15, 0.2) is 0 Å². The molecule has 0 aromatic heterocycles. The van der Waals surface area contributed by atoms with E-state index < -0.39 is 127 Å². The fourth-order valence-corrected chi connectivity index (χ4v) is 13.7. The number of carbonyl (C=O) groups excluding carboxylic acids is 2. The predicted molar refractivity (Wildman–Crippen MR) is 207 cm³/mol. The molecular weight excluding hydrogens is 804 g/mol. The van der Waals surface area contributed by atoms with Gasteiger partial charge in [0.25, 0.3) is 0 Å². The number of ketones is 1. The van der Waals surface area contributed by atoms with Gasteiger partial charge < -0.3 is 78.0 Å². The third-order valence-electron chi connectivity index (χ3n) is 16.7. The van der Waals surface area contributed by atoms with E-state index in [1.165, 1.54) is 14.0 Å². The van der Waals surface area contributed by atoms with Crippen LogP contribution in [0.4, 0.5) is 0 Å². The standard InChI is InChI=1S/C43H68O18/c1-18(45)24-11-14-43-41(24,6)37(51)35(56-21(4)46)36-40(5)12-10-23(15-22(40)9-13-42(36,43)61-43)57-27-16-25(52-7)32(19(2)54-27)59-39-31(50)34(53-8)33(20(3)55-39)60-38-30(49)29(48)28(47)26(17-44)58-38/h19-20,22-39,44,47-51H,9-17H2,1-8H3/t19-,20-,22+,23+,24+,25-,26-,27+,28-,29+,30-,31-,32-,33-,34+,35+,36-,37-,38+,39+,40+,41+,42+,43-/m1/s1. The summed E-state index contributed by atoms with van der Waals surface area (Å²) in [6, 6.07) is 0. The average Bonchev–Trinajstić information content (AvgIpc) is 3.76. The van der Waals surface area contributed by atoms with Crippen LogP contribution in [0.2, 0.25) is 0 Å². The molecule has 18 nitrogen and oxygen atoms in total. The van der Waals surface area contributed by atoms with Crippen LogP contribution >= 0.6 is 0 Å². The van der Waals surface area contributed by atoms with E-state index in [1.54, 1.807) is 21.0 Å². The molecule has 0 unspecified atom stereocenters. The van der Waals surface area contributed by atoms with E-state index in [9.17, 15) is 40.2 Å². The summed E-state index contributed by atoms with van der Waals surface area (Å²) in [7, 11) is 2.95. The van der Waals surface area contributed by atoms with Gasteiger partial charge in [-0.3, -0.25) is 9.59 Å². The van der Waals surface area contributed by atoms with Gasteiger partial charge in [0.05, 0.1) is 31.0 Å². The second-order valence-corrected chi connectivity index (χ2v) is 19.7. The molecule has 61 heavy (non-hydrogen) atoms. The van der Waals surface area contributed by atoms with Crippen molar-refractivity contribution in [3.63, 3.8) is 0 Å². The summed E-state index contributed by atoms with van der Waals surface area (Å²) in [5.74, 6) is -0.864. The van der Waals surface area contributed by atoms with Crippen LogP contribution < -0.4 is 0 Å². The molecule has 6 N–H and O–H groups in total. The van der Waals surface area contributed by atoms with E-state index in [4.69, 9.17) is 47.4 Å². The molecule has 8 fully saturated rings. The van der Waals surface area contributed by atoms with E-state index in [1.807, 2.05) is 13.8 Å². The number of aliphatic hydroxyl groups excluding tert-OH is 6. The number of ether oxygens (including phenoxy) is 10. The topological polar surface area (TPSA) is 251 Å². The second kappa shape index (κ2) is 16.8. The first-order chi connectivity index (χ1) is 28.8. The Morgan fingerprint density at radius 2 is 1.41 bits per heavy atom. The highest BCUT2D eigenvalue weighted by Gasteiger charge is 2.90. The number of Topliss-reactive ketones (excluding diaryl/α,β-unsaturated/α-hetero) is 1. The summed E-state index contributed by atoms with van der Waals surface area (Å²) in [5.41, 5.74) is -2.40. The zero-order chi connectivity index (χ0) is 44.1. The average molecular weight is 873 g/mol. The van der Waals surface area contributed by atoms with Crippen LogP contribution in [0.25, 0.3) is 0 Å². The third kappa shape index (κ3) is 7.08. The fraction of sp³-hybridized carbons (Fsp3) is 0.953. The molecule has 0 bridgehead atoms. The lowest BCUT2D eigenvalue weighted by Gasteiger charge is -2.61. The van der Waals surface area contributed by atoms with Crippen molar-refractivity contribution in [3.05, 3.63) is 0 Å². The number of aliphatic hydroxyl groups is 6. The molecule has 4 saturated carbocycles. The highest BCUT2D eigenvalue weighted by molar-refractivity contribution is 5.80. The van der Waals surface area contributed by atoms with Gasteiger partial charge in [0, 0.05) is 44.8 Å². The van der Waals surface area contributed by atoms with Crippen LogP contribution in [0.1, 0.15) is 92.9 Å². The van der Waals surface area contributed by atoms with Crippen LogP contribution in [-0.4, -0.2) is 179 Å². The van der Waals surface area contributed by atoms with Crippen molar-refractivity contribution >= 4 is 11.8 Å². The van der Waals surface area contributed by atoms with Crippen molar-refractivity contribution in [3.8, 4) is 0 Å². The number of carbonyl (C=O) groups is 2. The first-order valence-electron chi connectivity index (χ1n) is 22.2. The van der Waals surface area contributed by atoms with Gasteiger partial charge in [0.2, 0.25) is 0 Å². The van der Waals surface area contributed by atoms with Crippen molar-refractivity contribution in [2.45, 2.75) is 208 Å². The van der Waals surface area contributed by atoms with Gasteiger partial charge in [-0.1, -0.05) is 13.8 Å². The first-order valence-corrected chi connectivity index (χ1v) is 22.2. The lowest BCUT2D eigenvalue weighted by atomic mass is 9.43. The molecule has 8 rings (SSSR count). The molecule has 4 heterocycles. The maximum atomic E-state index is 12.9. The molecule has 2 spiro atoms. The molecule has 4 aliphatic heterocycles. The maximum absolute atomic E-state index is 12.9. The molecule has 24 atom stereocenters. The lowest BCUT2D eigenvalue weighted by Crippen LogP contribution is -2.70. The molecule has 0 aromatic carbocycles. The quantitative estimate of drug-likeness (QED) is 0.0925. The highest BCUT2D eigenvalue weighted by Crippen LogP contribution is 2.81. The second-order valence-electron chi connectivity index (χ2n) is 19.7. The number of methoxy groups -OCH3 is 2. The largest absolute Gasteiger partial charge is 0.459 e. The summed E-state index contributed by atoms with van der Waals surface area (Å²) in [6.45, 7) is 10.1. The lowest BCUT2D eigenvalue weighted by molar-refractivity contribution is -0.371. The Kier molecular flexibility index (Phi) is 12.7. The smallest absolute Gasteiger partial charge is 0.303 e. The Labute approximate surface area is 356 Å². The predicted octanol–water partition coefficient (Wildman–Crippen LogP) is 0.248. The molecule has 4 saturated heterocycles. The number of rotatable bonds is 11. The Hall–Kier alpha value is -1.46. The number of hydrogen-bond acceptors (Lipinski definition) is 18. The van der Waals surface area contributed by atoms with Gasteiger partial charge >= 0.3 is 5.97 Å². The number of esters is 1. The monoisotopic (exact) mass is 872 g/mol. The zero-order valence-corrected chi connectivity index (χ0v) is 36.5. The van der Waals surface area contributed by atoms with Crippen molar-refractivity contribution in [1.82, 2.24) is 0 Å². The molecule has 0 amide bonds. The zero-order valence-electron chi connectivity index (χ0n) is 36.5. The minimum atomic E-state index is -1.66. The van der Waals surface area contributed by atoms with Gasteiger partial charge in [-0.25, -0.2) is 0 Å². The Morgan fingerprint density at radius 3 is 2.07 bits per heavy atom. The summed E-state index contributed by atoms with van der Waals surface area (Å²) in [6.07, 6.45) is -11.8. The van der Waals surface area contributed by atoms with Gasteiger partial charge in [0.15, 0.2) is 18.9 Å². The van der Waals surface area contributed by atoms with Crippen LogP contribution in [-0.2, 0) is 57.0 Å². The van der Waals surface area contributed by atoms with Gasteiger partial charge in [0.1, 0.15) is 78.0 Å². The Bertz CT molecular complexity index is 1620. The Balaban J connectivity index is 0.905. The summed E-state index contributed by atoms with van der Waals surface area (Å²) in [5, 5.41) is 64.3. The van der Waals surface area contributed by atoms with Crippen LogP contribution in [0, 0.1) is 28.6 Å².